The molecular weight excluding hydrogens is 262 g/mol. The van der Waals surface area contributed by atoms with Crippen LogP contribution in [0.25, 0.3) is 0 Å². The first-order chi connectivity index (χ1) is 10.1. The van der Waals surface area contributed by atoms with Gasteiger partial charge in [-0.1, -0.05) is 26.0 Å². The molecule has 0 spiro atoms. The molecule has 0 atom stereocenters. The van der Waals surface area contributed by atoms with Crippen LogP contribution < -0.4 is 10.5 Å². The van der Waals surface area contributed by atoms with E-state index in [0.29, 0.717) is 17.2 Å². The second-order valence-corrected chi connectivity index (χ2v) is 5.07. The Hall–Kier alpha value is -2.29. The molecule has 0 fully saturated rings. The standard InChI is InChI=1S/C18H21NO2/c1-3-13(4-2)14-5-9-16(10-6-14)21-17-11-7-15(8-12-17)18(19)20/h5-13H,3-4H2,1-2H3,(H2,19,20). The molecule has 0 radical (unpaired) electrons. The van der Waals surface area contributed by atoms with Crippen LogP contribution in [0.3, 0.4) is 0 Å². The van der Waals surface area contributed by atoms with Gasteiger partial charge < -0.3 is 10.5 Å². The summed E-state index contributed by atoms with van der Waals surface area (Å²) in [6, 6.07) is 15.0. The van der Waals surface area contributed by atoms with Crippen molar-refractivity contribution in [2.75, 3.05) is 0 Å². The predicted molar refractivity (Wildman–Crippen MR) is 84.8 cm³/mol. The summed E-state index contributed by atoms with van der Waals surface area (Å²) in [5, 5.41) is 0. The molecule has 1 amide bonds. The summed E-state index contributed by atoms with van der Waals surface area (Å²) in [4.78, 5) is 11.0. The van der Waals surface area contributed by atoms with Crippen LogP contribution >= 0.6 is 0 Å². The monoisotopic (exact) mass is 283 g/mol. The van der Waals surface area contributed by atoms with Gasteiger partial charge in [0.2, 0.25) is 5.91 Å². The number of carbonyl (C=O) groups is 1. The van der Waals surface area contributed by atoms with Crippen LogP contribution in [0, 0.1) is 0 Å². The van der Waals surface area contributed by atoms with Gasteiger partial charge in [-0.3, -0.25) is 4.79 Å². The van der Waals surface area contributed by atoms with Gasteiger partial charge in [-0.05, 0) is 60.7 Å². The summed E-state index contributed by atoms with van der Waals surface area (Å²) in [5.41, 5.74) is 7.03. The van der Waals surface area contributed by atoms with Crippen molar-refractivity contribution < 1.29 is 9.53 Å². The largest absolute Gasteiger partial charge is 0.457 e. The van der Waals surface area contributed by atoms with Crippen LogP contribution in [0.15, 0.2) is 48.5 Å². The van der Waals surface area contributed by atoms with Crippen molar-refractivity contribution >= 4 is 5.91 Å². The maximum Gasteiger partial charge on any atom is 0.248 e. The third-order valence-electron chi connectivity index (χ3n) is 3.71. The van der Waals surface area contributed by atoms with Crippen molar-refractivity contribution in [3.8, 4) is 11.5 Å². The van der Waals surface area contributed by atoms with E-state index in [-0.39, 0.29) is 0 Å². The molecule has 0 bridgehead atoms. The number of amides is 1. The predicted octanol–water partition coefficient (Wildman–Crippen LogP) is 4.48. The highest BCUT2D eigenvalue weighted by atomic mass is 16.5. The number of ether oxygens (including phenoxy) is 1. The highest BCUT2D eigenvalue weighted by Gasteiger charge is 2.07. The summed E-state index contributed by atoms with van der Waals surface area (Å²) >= 11 is 0. The summed E-state index contributed by atoms with van der Waals surface area (Å²) in [5.74, 6) is 1.65. The van der Waals surface area contributed by atoms with E-state index in [4.69, 9.17) is 10.5 Å². The highest BCUT2D eigenvalue weighted by Crippen LogP contribution is 2.27. The maximum absolute atomic E-state index is 11.0. The fraction of sp³-hybridized carbons (Fsp3) is 0.278. The van der Waals surface area contributed by atoms with Crippen LogP contribution in [0.1, 0.15) is 48.5 Å². The fourth-order valence-corrected chi connectivity index (χ4v) is 2.39. The molecule has 0 unspecified atom stereocenters. The average molecular weight is 283 g/mol. The normalized spacial score (nSPS) is 10.6. The van der Waals surface area contributed by atoms with E-state index in [1.807, 2.05) is 12.1 Å². The SMILES string of the molecule is CCC(CC)c1ccc(Oc2ccc(C(N)=O)cc2)cc1. The molecule has 0 saturated heterocycles. The molecule has 0 aliphatic heterocycles. The number of carbonyl (C=O) groups excluding carboxylic acids is 1. The fourth-order valence-electron chi connectivity index (χ4n) is 2.39. The Balaban J connectivity index is 2.07. The van der Waals surface area contributed by atoms with Gasteiger partial charge in [0.25, 0.3) is 0 Å². The van der Waals surface area contributed by atoms with Gasteiger partial charge >= 0.3 is 0 Å². The Morgan fingerprint density at radius 2 is 1.43 bits per heavy atom. The summed E-state index contributed by atoms with van der Waals surface area (Å²) in [7, 11) is 0. The quantitative estimate of drug-likeness (QED) is 0.849. The Bertz CT molecular complexity index is 584. The Morgan fingerprint density at radius 3 is 1.86 bits per heavy atom. The molecule has 3 heteroatoms. The summed E-state index contributed by atoms with van der Waals surface area (Å²) in [6.45, 7) is 4.41. The molecule has 2 aromatic carbocycles. The second kappa shape index (κ2) is 6.93. The van der Waals surface area contributed by atoms with Gasteiger partial charge in [-0.2, -0.15) is 0 Å². The van der Waals surface area contributed by atoms with Gasteiger partial charge in [0.05, 0.1) is 0 Å². The molecule has 0 saturated carbocycles. The first kappa shape index (κ1) is 15.1. The van der Waals surface area contributed by atoms with Crippen LogP contribution in [0.4, 0.5) is 0 Å². The van der Waals surface area contributed by atoms with Crippen LogP contribution in [0.5, 0.6) is 11.5 Å². The molecule has 2 N–H and O–H groups in total. The van der Waals surface area contributed by atoms with Crippen LogP contribution in [-0.4, -0.2) is 5.91 Å². The Labute approximate surface area is 125 Å². The van der Waals surface area contributed by atoms with E-state index in [1.54, 1.807) is 24.3 Å². The Kier molecular flexibility index (Phi) is 4.99. The molecular formula is C18H21NO2. The zero-order chi connectivity index (χ0) is 15.2. The minimum atomic E-state index is -0.434. The van der Waals surface area contributed by atoms with Crippen molar-refractivity contribution in [2.45, 2.75) is 32.6 Å². The molecule has 2 rings (SSSR count). The van der Waals surface area contributed by atoms with E-state index in [1.165, 1.54) is 5.56 Å². The van der Waals surface area contributed by atoms with Gasteiger partial charge in [0.15, 0.2) is 0 Å². The number of primary amides is 1. The van der Waals surface area contributed by atoms with Crippen molar-refractivity contribution in [2.24, 2.45) is 5.73 Å². The number of nitrogens with two attached hydrogens (primary N) is 1. The smallest absolute Gasteiger partial charge is 0.248 e. The van der Waals surface area contributed by atoms with Crippen LogP contribution in [0.2, 0.25) is 0 Å². The van der Waals surface area contributed by atoms with Gasteiger partial charge in [0.1, 0.15) is 11.5 Å². The number of benzene rings is 2. The van der Waals surface area contributed by atoms with Gasteiger partial charge in [-0.25, -0.2) is 0 Å². The van der Waals surface area contributed by atoms with E-state index >= 15 is 0 Å². The second-order valence-electron chi connectivity index (χ2n) is 5.07. The summed E-state index contributed by atoms with van der Waals surface area (Å²) in [6.07, 6.45) is 2.29. The van der Waals surface area contributed by atoms with Gasteiger partial charge in [0, 0.05) is 5.56 Å². The number of rotatable bonds is 6. The van der Waals surface area contributed by atoms with Crippen molar-refractivity contribution in [3.63, 3.8) is 0 Å². The molecule has 21 heavy (non-hydrogen) atoms. The van der Waals surface area contributed by atoms with E-state index in [9.17, 15) is 4.79 Å². The van der Waals surface area contributed by atoms with Crippen LogP contribution in [-0.2, 0) is 0 Å². The molecule has 3 nitrogen and oxygen atoms in total. The first-order valence-corrected chi connectivity index (χ1v) is 7.31. The molecule has 110 valence electrons. The van der Waals surface area contributed by atoms with E-state index < -0.39 is 5.91 Å². The lowest BCUT2D eigenvalue weighted by molar-refractivity contribution is 0.100. The van der Waals surface area contributed by atoms with E-state index in [0.717, 1.165) is 18.6 Å². The maximum atomic E-state index is 11.0. The van der Waals surface area contributed by atoms with Crippen molar-refractivity contribution in [1.29, 1.82) is 0 Å². The first-order valence-electron chi connectivity index (χ1n) is 7.31. The third-order valence-corrected chi connectivity index (χ3v) is 3.71. The molecule has 0 aromatic heterocycles. The third kappa shape index (κ3) is 3.85. The number of hydrogen-bond donors (Lipinski definition) is 1. The zero-order valence-electron chi connectivity index (χ0n) is 12.5. The lowest BCUT2D eigenvalue weighted by atomic mass is 9.94. The topological polar surface area (TPSA) is 52.3 Å². The number of hydrogen-bond acceptors (Lipinski definition) is 2. The molecule has 0 aliphatic carbocycles. The minimum Gasteiger partial charge on any atom is -0.457 e. The lowest BCUT2D eigenvalue weighted by Gasteiger charge is -2.13. The van der Waals surface area contributed by atoms with Crippen molar-refractivity contribution in [1.82, 2.24) is 0 Å². The molecule has 0 aliphatic rings. The average Bonchev–Trinajstić information content (AvgIpc) is 2.51. The minimum absolute atomic E-state index is 0.434. The van der Waals surface area contributed by atoms with E-state index in [2.05, 4.69) is 26.0 Å². The molecule has 2 aromatic rings. The highest BCUT2D eigenvalue weighted by molar-refractivity contribution is 5.92. The Morgan fingerprint density at radius 1 is 0.952 bits per heavy atom. The summed E-state index contributed by atoms with van der Waals surface area (Å²) < 4.78 is 5.76. The van der Waals surface area contributed by atoms with Gasteiger partial charge in [-0.15, -0.1) is 0 Å². The molecule has 0 heterocycles. The lowest BCUT2D eigenvalue weighted by Crippen LogP contribution is -2.10. The zero-order valence-corrected chi connectivity index (χ0v) is 12.5. The van der Waals surface area contributed by atoms with Crippen molar-refractivity contribution in [3.05, 3.63) is 59.7 Å².